The molecule has 1 aromatic heterocycles. The molecule has 0 fully saturated rings. The van der Waals surface area contributed by atoms with Crippen molar-refractivity contribution in [1.82, 2.24) is 4.57 Å². The highest BCUT2D eigenvalue weighted by atomic mass is 19.1. The van der Waals surface area contributed by atoms with E-state index in [1.54, 1.807) is 24.3 Å². The Bertz CT molecular complexity index is 680. The van der Waals surface area contributed by atoms with Gasteiger partial charge < -0.3 is 15.5 Å². The summed E-state index contributed by atoms with van der Waals surface area (Å²) in [7, 11) is 0. The van der Waals surface area contributed by atoms with Crippen molar-refractivity contribution in [2.24, 2.45) is 10.9 Å². The lowest BCUT2D eigenvalue weighted by atomic mass is 10.2. The Morgan fingerprint density at radius 1 is 1.32 bits per heavy atom. The van der Waals surface area contributed by atoms with Crippen LogP contribution in [0.5, 0.6) is 0 Å². The van der Waals surface area contributed by atoms with Crippen LogP contribution in [0.3, 0.4) is 0 Å². The Morgan fingerprint density at radius 3 is 2.74 bits per heavy atom. The van der Waals surface area contributed by atoms with Crippen LogP contribution in [0.25, 0.3) is 0 Å². The topological polar surface area (TPSA) is 80.6 Å². The minimum absolute atomic E-state index is 0.0707. The summed E-state index contributed by atoms with van der Waals surface area (Å²) < 4.78 is 14.8. The molecule has 6 heteroatoms. The van der Waals surface area contributed by atoms with Gasteiger partial charge in [-0.2, -0.15) is 0 Å². The van der Waals surface area contributed by atoms with Crippen LogP contribution in [-0.2, 0) is 6.54 Å². The molecule has 1 aromatic carbocycles. The smallest absolute Gasteiger partial charge is 0.261 e. The van der Waals surface area contributed by atoms with Crippen molar-refractivity contribution in [2.75, 3.05) is 0 Å². The van der Waals surface area contributed by atoms with Gasteiger partial charge in [0.1, 0.15) is 5.82 Å². The van der Waals surface area contributed by atoms with E-state index in [1.807, 2.05) is 0 Å². The van der Waals surface area contributed by atoms with E-state index < -0.39 is 5.56 Å². The molecule has 0 aliphatic heterocycles. The van der Waals surface area contributed by atoms with Gasteiger partial charge in [0.2, 0.25) is 0 Å². The summed E-state index contributed by atoms with van der Waals surface area (Å²) in [5, 5.41) is 11.4. The molecule has 0 saturated heterocycles. The van der Waals surface area contributed by atoms with Crippen LogP contribution in [0.1, 0.15) is 11.1 Å². The Labute approximate surface area is 108 Å². The third-order valence-electron chi connectivity index (χ3n) is 2.70. The second kappa shape index (κ2) is 5.34. The van der Waals surface area contributed by atoms with Crippen LogP contribution in [0, 0.1) is 5.82 Å². The quantitative estimate of drug-likeness (QED) is 0.376. The van der Waals surface area contributed by atoms with Gasteiger partial charge in [-0.05, 0) is 18.2 Å². The molecular formula is C13H12FN3O2. The number of oxime groups is 1. The summed E-state index contributed by atoms with van der Waals surface area (Å²) in [5.74, 6) is -0.656. The largest absolute Gasteiger partial charge is 0.409 e. The summed E-state index contributed by atoms with van der Waals surface area (Å²) >= 11 is 0. The third kappa shape index (κ3) is 2.62. The van der Waals surface area contributed by atoms with Crippen LogP contribution in [-0.4, -0.2) is 15.6 Å². The highest BCUT2D eigenvalue weighted by Gasteiger charge is 2.09. The average Bonchev–Trinajstić information content (AvgIpc) is 2.42. The van der Waals surface area contributed by atoms with Gasteiger partial charge in [-0.25, -0.2) is 4.39 Å². The van der Waals surface area contributed by atoms with Gasteiger partial charge in [0.15, 0.2) is 5.84 Å². The predicted molar refractivity (Wildman–Crippen MR) is 68.7 cm³/mol. The molecule has 0 radical (unpaired) electrons. The van der Waals surface area contributed by atoms with Gasteiger partial charge in [-0.15, -0.1) is 0 Å². The van der Waals surface area contributed by atoms with Crippen molar-refractivity contribution in [1.29, 1.82) is 0 Å². The highest BCUT2D eigenvalue weighted by Crippen LogP contribution is 2.07. The number of hydrogen-bond donors (Lipinski definition) is 2. The Morgan fingerprint density at radius 2 is 2.05 bits per heavy atom. The van der Waals surface area contributed by atoms with Gasteiger partial charge in [0, 0.05) is 11.8 Å². The second-order valence-corrected chi connectivity index (χ2v) is 3.93. The number of hydrogen-bond acceptors (Lipinski definition) is 3. The van der Waals surface area contributed by atoms with Gasteiger partial charge in [-0.1, -0.05) is 23.4 Å². The van der Waals surface area contributed by atoms with E-state index in [9.17, 15) is 9.18 Å². The lowest BCUT2D eigenvalue weighted by Gasteiger charge is -2.08. The van der Waals surface area contributed by atoms with Gasteiger partial charge in [-0.3, -0.25) is 4.79 Å². The van der Waals surface area contributed by atoms with Crippen molar-refractivity contribution < 1.29 is 9.60 Å². The minimum atomic E-state index is -0.443. The predicted octanol–water partition coefficient (Wildman–Crippen LogP) is 1.13. The SMILES string of the molecule is N/C(=N/O)c1cccn(Cc2ccccc2F)c1=O. The molecule has 0 unspecified atom stereocenters. The number of halogens is 1. The number of nitrogens with two attached hydrogens (primary N) is 1. The molecule has 0 saturated carbocycles. The van der Waals surface area contributed by atoms with Crippen LogP contribution < -0.4 is 11.3 Å². The number of rotatable bonds is 3. The number of nitrogens with zero attached hydrogens (tertiary/aromatic N) is 2. The van der Waals surface area contributed by atoms with E-state index in [2.05, 4.69) is 5.16 Å². The fraction of sp³-hybridized carbons (Fsp3) is 0.0769. The Kier molecular flexibility index (Phi) is 3.61. The second-order valence-electron chi connectivity index (χ2n) is 3.93. The first-order valence-electron chi connectivity index (χ1n) is 5.54. The number of amidine groups is 1. The van der Waals surface area contributed by atoms with E-state index in [1.165, 1.54) is 22.9 Å². The van der Waals surface area contributed by atoms with Crippen LogP contribution in [0.15, 0.2) is 52.5 Å². The molecule has 0 bridgehead atoms. The van der Waals surface area contributed by atoms with E-state index in [0.29, 0.717) is 5.56 Å². The normalized spacial score (nSPS) is 11.5. The Hall–Kier alpha value is -2.63. The lowest BCUT2D eigenvalue weighted by molar-refractivity contribution is 0.318. The van der Waals surface area contributed by atoms with Crippen molar-refractivity contribution in [3.63, 3.8) is 0 Å². The molecule has 19 heavy (non-hydrogen) atoms. The van der Waals surface area contributed by atoms with Crippen molar-refractivity contribution in [2.45, 2.75) is 6.54 Å². The standard InChI is InChI=1S/C13H12FN3O2/c14-11-6-2-1-4-9(11)8-17-7-3-5-10(13(17)18)12(15)16-19/h1-7,19H,8H2,(H2,15,16). The van der Waals surface area contributed by atoms with Gasteiger partial charge in [0.05, 0.1) is 12.1 Å². The van der Waals surface area contributed by atoms with Crippen molar-refractivity contribution in [3.8, 4) is 0 Å². The van der Waals surface area contributed by atoms with Crippen molar-refractivity contribution >= 4 is 5.84 Å². The van der Waals surface area contributed by atoms with E-state index in [-0.39, 0.29) is 23.8 Å². The van der Waals surface area contributed by atoms with Crippen LogP contribution in [0.4, 0.5) is 4.39 Å². The maximum Gasteiger partial charge on any atom is 0.261 e. The molecule has 0 atom stereocenters. The fourth-order valence-electron chi connectivity index (χ4n) is 1.72. The minimum Gasteiger partial charge on any atom is -0.409 e. The maximum absolute atomic E-state index is 13.5. The molecule has 0 spiro atoms. The van der Waals surface area contributed by atoms with Crippen molar-refractivity contribution in [3.05, 3.63) is 69.9 Å². The summed E-state index contributed by atoms with van der Waals surface area (Å²) in [6.45, 7) is 0.0814. The number of benzene rings is 1. The third-order valence-corrected chi connectivity index (χ3v) is 2.70. The molecule has 0 amide bonds. The zero-order valence-corrected chi connectivity index (χ0v) is 9.95. The molecule has 2 aromatic rings. The first-order valence-corrected chi connectivity index (χ1v) is 5.54. The molecule has 1 heterocycles. The van der Waals surface area contributed by atoms with E-state index in [0.717, 1.165) is 0 Å². The summed E-state index contributed by atoms with van der Waals surface area (Å²) in [5.41, 5.74) is 5.42. The molecule has 5 nitrogen and oxygen atoms in total. The first kappa shape index (κ1) is 12.8. The van der Waals surface area contributed by atoms with E-state index >= 15 is 0 Å². The lowest BCUT2D eigenvalue weighted by Crippen LogP contribution is -2.30. The molecule has 0 aliphatic rings. The first-order chi connectivity index (χ1) is 9.13. The zero-order chi connectivity index (χ0) is 13.8. The fourth-order valence-corrected chi connectivity index (χ4v) is 1.72. The highest BCUT2D eigenvalue weighted by molar-refractivity contribution is 5.96. The number of pyridine rings is 1. The van der Waals surface area contributed by atoms with Crippen LogP contribution in [0.2, 0.25) is 0 Å². The summed E-state index contributed by atoms with van der Waals surface area (Å²) in [6, 6.07) is 9.21. The molecule has 0 aliphatic carbocycles. The van der Waals surface area contributed by atoms with Gasteiger partial charge in [0.25, 0.3) is 5.56 Å². The summed E-state index contributed by atoms with van der Waals surface area (Å²) in [4.78, 5) is 12.1. The summed E-state index contributed by atoms with van der Waals surface area (Å²) in [6.07, 6.45) is 1.52. The maximum atomic E-state index is 13.5. The molecule has 3 N–H and O–H groups in total. The molecule has 98 valence electrons. The molecular weight excluding hydrogens is 249 g/mol. The van der Waals surface area contributed by atoms with Gasteiger partial charge >= 0.3 is 0 Å². The molecule has 2 rings (SSSR count). The van der Waals surface area contributed by atoms with Crippen LogP contribution >= 0.6 is 0 Å². The Balaban J connectivity index is 2.43. The zero-order valence-electron chi connectivity index (χ0n) is 9.95. The number of aromatic nitrogens is 1. The monoisotopic (exact) mass is 261 g/mol. The van der Waals surface area contributed by atoms with E-state index in [4.69, 9.17) is 10.9 Å². The average molecular weight is 261 g/mol.